The fourth-order valence-electron chi connectivity index (χ4n) is 2.94. The van der Waals surface area contributed by atoms with E-state index < -0.39 is 11.8 Å². The van der Waals surface area contributed by atoms with Crippen LogP contribution in [0.15, 0.2) is 48.5 Å². The molecule has 0 N–H and O–H groups in total. The zero-order valence-corrected chi connectivity index (χ0v) is 13.7. The average molecular weight is 322 g/mol. The van der Waals surface area contributed by atoms with E-state index in [1.165, 1.54) is 0 Å². The summed E-state index contributed by atoms with van der Waals surface area (Å²) in [7, 11) is 0. The highest BCUT2D eigenvalue weighted by molar-refractivity contribution is 6.35. The largest absolute Gasteiger partial charge is 0.339 e. The van der Waals surface area contributed by atoms with Crippen LogP contribution in [-0.4, -0.2) is 35.7 Å². The number of hydrogen-bond donors (Lipinski definition) is 0. The van der Waals surface area contributed by atoms with Crippen molar-refractivity contribution in [3.8, 4) is 0 Å². The van der Waals surface area contributed by atoms with Crippen LogP contribution < -0.4 is 4.90 Å². The Morgan fingerprint density at radius 3 is 1.92 bits per heavy atom. The van der Waals surface area contributed by atoms with Gasteiger partial charge in [-0.3, -0.25) is 14.4 Å². The lowest BCUT2D eigenvalue weighted by Gasteiger charge is -2.23. The summed E-state index contributed by atoms with van der Waals surface area (Å²) in [4.78, 5) is 40.9. The molecule has 2 aromatic rings. The van der Waals surface area contributed by atoms with Crippen LogP contribution >= 0.6 is 0 Å². The number of carbonyl (C=O) groups excluding carboxylic acids is 3. The van der Waals surface area contributed by atoms with Crippen LogP contribution in [0.4, 0.5) is 5.69 Å². The highest BCUT2D eigenvalue weighted by Crippen LogP contribution is 2.31. The molecule has 0 radical (unpaired) electrons. The van der Waals surface area contributed by atoms with Crippen molar-refractivity contribution in [2.75, 3.05) is 18.0 Å². The first-order valence-corrected chi connectivity index (χ1v) is 7.96. The molecule has 0 saturated heterocycles. The minimum atomic E-state index is -0.393. The minimum Gasteiger partial charge on any atom is -0.339 e. The van der Waals surface area contributed by atoms with Gasteiger partial charge < -0.3 is 4.90 Å². The smallest absolute Gasteiger partial charge is 0.266 e. The molecule has 3 rings (SSSR count). The van der Waals surface area contributed by atoms with E-state index in [0.29, 0.717) is 35.5 Å². The van der Waals surface area contributed by atoms with Gasteiger partial charge in [0.25, 0.3) is 17.7 Å². The van der Waals surface area contributed by atoms with E-state index in [1.54, 1.807) is 53.4 Å². The maximum atomic E-state index is 12.7. The Morgan fingerprint density at radius 1 is 0.875 bits per heavy atom. The van der Waals surface area contributed by atoms with Gasteiger partial charge in [0.15, 0.2) is 0 Å². The molecule has 5 heteroatoms. The molecule has 0 bridgehead atoms. The zero-order chi connectivity index (χ0) is 17.3. The predicted molar refractivity (Wildman–Crippen MR) is 91.3 cm³/mol. The predicted octanol–water partition coefficient (Wildman–Crippen LogP) is 2.97. The number of anilines is 1. The van der Waals surface area contributed by atoms with Crippen molar-refractivity contribution in [2.45, 2.75) is 13.8 Å². The second kappa shape index (κ2) is 6.28. The third-order valence-electron chi connectivity index (χ3n) is 4.22. The standard InChI is InChI=1S/C19H18N2O3/c1-3-20(4-2)17(22)15-11-7-8-12-16(15)21-18(23)13-9-5-6-10-14(13)19(21)24/h5-12H,3-4H2,1-2H3. The summed E-state index contributed by atoms with van der Waals surface area (Å²) in [6.07, 6.45) is 0. The average Bonchev–Trinajstić information content (AvgIpc) is 2.87. The number of fused-ring (bicyclic) bond motifs is 1. The molecule has 0 aromatic heterocycles. The summed E-state index contributed by atoms with van der Waals surface area (Å²) in [6, 6.07) is 13.4. The lowest BCUT2D eigenvalue weighted by molar-refractivity contribution is 0.0774. The molecule has 1 aliphatic heterocycles. The first-order chi connectivity index (χ1) is 11.6. The normalized spacial score (nSPS) is 13.2. The molecule has 122 valence electrons. The Morgan fingerprint density at radius 2 is 1.38 bits per heavy atom. The van der Waals surface area contributed by atoms with Gasteiger partial charge in [-0.15, -0.1) is 0 Å². The molecule has 0 spiro atoms. The van der Waals surface area contributed by atoms with Crippen molar-refractivity contribution in [1.82, 2.24) is 4.90 Å². The second-order valence-electron chi connectivity index (χ2n) is 5.49. The zero-order valence-electron chi connectivity index (χ0n) is 13.7. The molecule has 1 heterocycles. The number of hydrogen-bond acceptors (Lipinski definition) is 3. The number of benzene rings is 2. The topological polar surface area (TPSA) is 57.7 Å². The maximum absolute atomic E-state index is 12.7. The summed E-state index contributed by atoms with van der Waals surface area (Å²) in [5, 5.41) is 0. The Labute approximate surface area is 140 Å². The molecule has 0 saturated carbocycles. The van der Waals surface area contributed by atoms with Gasteiger partial charge in [-0.05, 0) is 38.1 Å². The van der Waals surface area contributed by atoms with Crippen LogP contribution in [0.3, 0.4) is 0 Å². The fourth-order valence-corrected chi connectivity index (χ4v) is 2.94. The number of para-hydroxylation sites is 1. The van der Waals surface area contributed by atoms with E-state index in [2.05, 4.69) is 0 Å². The number of carbonyl (C=O) groups is 3. The van der Waals surface area contributed by atoms with Crippen LogP contribution in [0.2, 0.25) is 0 Å². The van der Waals surface area contributed by atoms with E-state index in [9.17, 15) is 14.4 Å². The van der Waals surface area contributed by atoms with Crippen molar-refractivity contribution in [3.63, 3.8) is 0 Å². The quantitative estimate of drug-likeness (QED) is 0.813. The van der Waals surface area contributed by atoms with Crippen LogP contribution in [0.1, 0.15) is 44.9 Å². The van der Waals surface area contributed by atoms with E-state index in [0.717, 1.165) is 4.90 Å². The van der Waals surface area contributed by atoms with Crippen LogP contribution in [0, 0.1) is 0 Å². The summed E-state index contributed by atoms with van der Waals surface area (Å²) < 4.78 is 0. The first kappa shape index (κ1) is 15.9. The highest BCUT2D eigenvalue weighted by Gasteiger charge is 2.38. The molecule has 0 unspecified atom stereocenters. The van der Waals surface area contributed by atoms with E-state index in [4.69, 9.17) is 0 Å². The third kappa shape index (κ3) is 2.38. The van der Waals surface area contributed by atoms with Gasteiger partial charge in [0.1, 0.15) is 0 Å². The molecule has 1 aliphatic rings. The molecule has 24 heavy (non-hydrogen) atoms. The molecule has 3 amide bonds. The summed E-state index contributed by atoms with van der Waals surface area (Å²) in [5.41, 5.74) is 1.43. The number of amides is 3. The van der Waals surface area contributed by atoms with Gasteiger partial charge in [-0.2, -0.15) is 0 Å². The van der Waals surface area contributed by atoms with Crippen LogP contribution in [-0.2, 0) is 0 Å². The Bertz CT molecular complexity index is 790. The molecule has 5 nitrogen and oxygen atoms in total. The van der Waals surface area contributed by atoms with Gasteiger partial charge in [0.2, 0.25) is 0 Å². The SMILES string of the molecule is CCN(CC)C(=O)c1ccccc1N1C(=O)c2ccccc2C1=O. The molecule has 2 aromatic carbocycles. The molecule has 0 atom stereocenters. The lowest BCUT2D eigenvalue weighted by Crippen LogP contribution is -2.35. The van der Waals surface area contributed by atoms with Gasteiger partial charge >= 0.3 is 0 Å². The Balaban J connectivity index is 2.08. The number of rotatable bonds is 4. The van der Waals surface area contributed by atoms with Gasteiger partial charge in [-0.1, -0.05) is 24.3 Å². The first-order valence-electron chi connectivity index (χ1n) is 7.96. The molecule has 0 fully saturated rings. The van der Waals surface area contributed by atoms with E-state index in [1.807, 2.05) is 13.8 Å². The lowest BCUT2D eigenvalue weighted by atomic mass is 10.1. The summed E-state index contributed by atoms with van der Waals surface area (Å²) in [5.74, 6) is -0.974. The minimum absolute atomic E-state index is 0.188. The van der Waals surface area contributed by atoms with Gasteiger partial charge in [-0.25, -0.2) is 4.90 Å². The van der Waals surface area contributed by atoms with Gasteiger partial charge in [0.05, 0.1) is 22.4 Å². The molecule has 0 aliphatic carbocycles. The van der Waals surface area contributed by atoms with E-state index in [-0.39, 0.29) is 5.91 Å². The number of nitrogens with zero attached hydrogens (tertiary/aromatic N) is 2. The molecular weight excluding hydrogens is 304 g/mol. The maximum Gasteiger partial charge on any atom is 0.266 e. The van der Waals surface area contributed by atoms with Gasteiger partial charge in [0, 0.05) is 13.1 Å². The Kier molecular flexibility index (Phi) is 4.16. The van der Waals surface area contributed by atoms with Crippen LogP contribution in [0.5, 0.6) is 0 Å². The Hall–Kier alpha value is -2.95. The monoisotopic (exact) mass is 322 g/mol. The van der Waals surface area contributed by atoms with Crippen molar-refractivity contribution in [2.24, 2.45) is 0 Å². The number of imide groups is 1. The van der Waals surface area contributed by atoms with Crippen molar-refractivity contribution >= 4 is 23.4 Å². The second-order valence-corrected chi connectivity index (χ2v) is 5.49. The molecular formula is C19H18N2O3. The fraction of sp³-hybridized carbons (Fsp3) is 0.211. The van der Waals surface area contributed by atoms with Crippen molar-refractivity contribution in [3.05, 3.63) is 65.2 Å². The highest BCUT2D eigenvalue weighted by atomic mass is 16.2. The summed E-state index contributed by atoms with van der Waals surface area (Å²) in [6.45, 7) is 4.91. The van der Waals surface area contributed by atoms with E-state index >= 15 is 0 Å². The third-order valence-corrected chi connectivity index (χ3v) is 4.22. The van der Waals surface area contributed by atoms with Crippen molar-refractivity contribution in [1.29, 1.82) is 0 Å². The van der Waals surface area contributed by atoms with Crippen LogP contribution in [0.25, 0.3) is 0 Å². The van der Waals surface area contributed by atoms with Crippen molar-refractivity contribution < 1.29 is 14.4 Å². The summed E-state index contributed by atoms with van der Waals surface area (Å²) >= 11 is 0.